The number of rotatable bonds is 2. The van der Waals surface area contributed by atoms with E-state index in [0.717, 1.165) is 49.8 Å². The SMILES string of the molecule is CO[C@H]1CCC[C@@H](C(=O)N2[C@@H]3CC[C@H]2Cc2nc(C)[nH]c(=O)c2C3)C1. The van der Waals surface area contributed by atoms with Gasteiger partial charge in [-0.3, -0.25) is 9.59 Å². The van der Waals surface area contributed by atoms with Crippen molar-refractivity contribution in [3.8, 4) is 0 Å². The molecule has 1 aromatic heterocycles. The van der Waals surface area contributed by atoms with Gasteiger partial charge in [0.05, 0.1) is 11.8 Å². The fourth-order valence-electron chi connectivity index (χ4n) is 5.02. The molecule has 136 valence electrons. The number of aryl methyl sites for hydroxylation is 1. The number of hydrogen-bond donors (Lipinski definition) is 1. The summed E-state index contributed by atoms with van der Waals surface area (Å²) in [5.74, 6) is 1.00. The first-order chi connectivity index (χ1) is 12.1. The van der Waals surface area contributed by atoms with Gasteiger partial charge in [0.2, 0.25) is 5.91 Å². The summed E-state index contributed by atoms with van der Waals surface area (Å²) in [5, 5.41) is 0. The van der Waals surface area contributed by atoms with Crippen molar-refractivity contribution >= 4 is 5.91 Å². The first-order valence-corrected chi connectivity index (χ1v) is 9.50. The molecule has 6 heteroatoms. The van der Waals surface area contributed by atoms with Gasteiger partial charge in [0.25, 0.3) is 5.56 Å². The van der Waals surface area contributed by atoms with E-state index in [0.29, 0.717) is 18.7 Å². The molecule has 0 aromatic carbocycles. The number of aromatic nitrogens is 2. The number of nitrogens with zero attached hydrogens (tertiary/aromatic N) is 2. The van der Waals surface area contributed by atoms with Crippen LogP contribution in [0.5, 0.6) is 0 Å². The Hall–Kier alpha value is -1.69. The Balaban J connectivity index is 1.59. The molecule has 4 rings (SSSR count). The predicted octanol–water partition coefficient (Wildman–Crippen LogP) is 1.74. The fourth-order valence-corrected chi connectivity index (χ4v) is 5.02. The molecule has 1 N–H and O–H groups in total. The summed E-state index contributed by atoms with van der Waals surface area (Å²) in [5.41, 5.74) is 1.65. The molecular weight excluding hydrogens is 318 g/mol. The molecule has 2 aliphatic heterocycles. The van der Waals surface area contributed by atoms with Crippen molar-refractivity contribution in [1.29, 1.82) is 0 Å². The smallest absolute Gasteiger partial charge is 0.254 e. The number of ether oxygens (including phenoxy) is 1. The van der Waals surface area contributed by atoms with Crippen LogP contribution in [0.25, 0.3) is 0 Å². The van der Waals surface area contributed by atoms with E-state index in [1.165, 1.54) is 0 Å². The van der Waals surface area contributed by atoms with E-state index in [1.54, 1.807) is 7.11 Å². The number of nitrogens with one attached hydrogen (secondary N) is 1. The van der Waals surface area contributed by atoms with Crippen molar-refractivity contribution < 1.29 is 9.53 Å². The maximum atomic E-state index is 13.3. The first kappa shape index (κ1) is 16.8. The number of methoxy groups -OCH3 is 1. The van der Waals surface area contributed by atoms with Crippen LogP contribution in [0, 0.1) is 12.8 Å². The lowest BCUT2D eigenvalue weighted by Gasteiger charge is -2.35. The Bertz CT molecular complexity index is 729. The van der Waals surface area contributed by atoms with E-state index >= 15 is 0 Å². The molecule has 3 heterocycles. The normalized spacial score (nSPS) is 31.5. The van der Waals surface area contributed by atoms with Crippen LogP contribution in [0.2, 0.25) is 0 Å². The zero-order valence-electron chi connectivity index (χ0n) is 15.1. The maximum Gasteiger partial charge on any atom is 0.254 e. The molecule has 6 nitrogen and oxygen atoms in total. The number of aromatic amines is 1. The third-order valence-corrected chi connectivity index (χ3v) is 6.27. The Kier molecular flexibility index (Phi) is 4.40. The lowest BCUT2D eigenvalue weighted by atomic mass is 9.86. The van der Waals surface area contributed by atoms with Crippen LogP contribution >= 0.6 is 0 Å². The number of fused-ring (bicyclic) bond motifs is 3. The second-order valence-corrected chi connectivity index (χ2v) is 7.84. The molecule has 4 atom stereocenters. The van der Waals surface area contributed by atoms with Gasteiger partial charge in [-0.25, -0.2) is 4.98 Å². The highest BCUT2D eigenvalue weighted by Gasteiger charge is 2.43. The Labute approximate surface area is 148 Å². The van der Waals surface area contributed by atoms with Gasteiger partial charge in [-0.1, -0.05) is 6.42 Å². The van der Waals surface area contributed by atoms with E-state index in [9.17, 15) is 9.59 Å². The van der Waals surface area contributed by atoms with Gasteiger partial charge < -0.3 is 14.6 Å². The van der Waals surface area contributed by atoms with E-state index in [1.807, 2.05) is 6.92 Å². The van der Waals surface area contributed by atoms with Crippen LogP contribution in [0.1, 0.15) is 55.6 Å². The molecule has 2 bridgehead atoms. The largest absolute Gasteiger partial charge is 0.381 e. The number of carbonyl (C=O) groups excluding carboxylic acids is 1. The summed E-state index contributed by atoms with van der Waals surface area (Å²) in [4.78, 5) is 35.2. The summed E-state index contributed by atoms with van der Waals surface area (Å²) in [6, 6.07) is 0.336. The van der Waals surface area contributed by atoms with Gasteiger partial charge in [0.15, 0.2) is 0 Å². The van der Waals surface area contributed by atoms with Crippen molar-refractivity contribution in [1.82, 2.24) is 14.9 Å². The van der Waals surface area contributed by atoms with Crippen LogP contribution in [-0.4, -0.2) is 46.1 Å². The molecule has 1 saturated carbocycles. The van der Waals surface area contributed by atoms with Gasteiger partial charge in [0, 0.05) is 43.5 Å². The quantitative estimate of drug-likeness (QED) is 0.886. The average Bonchev–Trinajstić information content (AvgIpc) is 2.90. The molecule has 1 amide bonds. The number of hydrogen-bond acceptors (Lipinski definition) is 4. The summed E-state index contributed by atoms with van der Waals surface area (Å²) >= 11 is 0. The molecule has 3 aliphatic rings. The number of H-pyrrole nitrogens is 1. The zero-order chi connectivity index (χ0) is 17.6. The van der Waals surface area contributed by atoms with Gasteiger partial charge in [-0.05, 0) is 39.0 Å². The van der Waals surface area contributed by atoms with Gasteiger partial charge >= 0.3 is 0 Å². The van der Waals surface area contributed by atoms with Gasteiger partial charge in [-0.2, -0.15) is 0 Å². The van der Waals surface area contributed by atoms with Gasteiger partial charge in [0.1, 0.15) is 5.82 Å². The lowest BCUT2D eigenvalue weighted by molar-refractivity contribution is -0.141. The van der Waals surface area contributed by atoms with Crippen LogP contribution < -0.4 is 5.56 Å². The third-order valence-electron chi connectivity index (χ3n) is 6.27. The minimum Gasteiger partial charge on any atom is -0.381 e. The van der Waals surface area contributed by atoms with Crippen LogP contribution in [0.3, 0.4) is 0 Å². The van der Waals surface area contributed by atoms with Crippen molar-refractivity contribution in [2.75, 3.05) is 7.11 Å². The molecule has 2 fully saturated rings. The van der Waals surface area contributed by atoms with Crippen LogP contribution in [0.15, 0.2) is 4.79 Å². The van der Waals surface area contributed by atoms with Crippen molar-refractivity contribution in [3.05, 3.63) is 27.4 Å². The molecule has 1 aliphatic carbocycles. The highest BCUT2D eigenvalue weighted by molar-refractivity contribution is 5.80. The van der Waals surface area contributed by atoms with Crippen LogP contribution in [0.4, 0.5) is 0 Å². The molecule has 1 aromatic rings. The van der Waals surface area contributed by atoms with Crippen LogP contribution in [-0.2, 0) is 22.4 Å². The summed E-state index contributed by atoms with van der Waals surface area (Å²) in [7, 11) is 1.74. The molecule has 25 heavy (non-hydrogen) atoms. The monoisotopic (exact) mass is 345 g/mol. The standard InChI is InChI=1S/C19H27N3O3/c1-11-20-17-10-14-7-6-13(9-16(17)18(23)21-11)22(14)19(24)12-4-3-5-15(8-12)25-2/h12-15H,3-10H2,1-2H3,(H,20,21,23)/t12-,13-,14+,15+/m1/s1. The Morgan fingerprint density at radius 2 is 1.96 bits per heavy atom. The highest BCUT2D eigenvalue weighted by Crippen LogP contribution is 2.36. The molecule has 0 spiro atoms. The fraction of sp³-hybridized carbons (Fsp3) is 0.737. The molecule has 0 unspecified atom stereocenters. The van der Waals surface area contributed by atoms with E-state index in [4.69, 9.17) is 4.74 Å². The molecule has 0 radical (unpaired) electrons. The van der Waals surface area contributed by atoms with Crippen molar-refractivity contribution in [3.63, 3.8) is 0 Å². The summed E-state index contributed by atoms with van der Waals surface area (Å²) < 4.78 is 5.51. The lowest BCUT2D eigenvalue weighted by Crippen LogP contribution is -2.46. The van der Waals surface area contributed by atoms with E-state index in [2.05, 4.69) is 14.9 Å². The summed E-state index contributed by atoms with van der Waals surface area (Å²) in [6.45, 7) is 1.82. The predicted molar refractivity (Wildman–Crippen MR) is 93.4 cm³/mol. The van der Waals surface area contributed by atoms with Crippen molar-refractivity contribution in [2.24, 2.45) is 5.92 Å². The second kappa shape index (κ2) is 6.56. The zero-order valence-corrected chi connectivity index (χ0v) is 15.1. The molecular formula is C19H27N3O3. The van der Waals surface area contributed by atoms with Gasteiger partial charge in [-0.15, -0.1) is 0 Å². The topological polar surface area (TPSA) is 75.3 Å². The molecule has 1 saturated heterocycles. The number of amides is 1. The first-order valence-electron chi connectivity index (χ1n) is 9.50. The maximum absolute atomic E-state index is 13.3. The summed E-state index contributed by atoms with van der Waals surface area (Å²) in [6.07, 6.45) is 7.46. The number of carbonyl (C=O) groups is 1. The minimum absolute atomic E-state index is 0.0282. The van der Waals surface area contributed by atoms with E-state index < -0.39 is 0 Å². The minimum atomic E-state index is -0.0282. The highest BCUT2D eigenvalue weighted by atomic mass is 16.5. The third kappa shape index (κ3) is 3.01. The Morgan fingerprint density at radius 3 is 2.72 bits per heavy atom. The van der Waals surface area contributed by atoms with Crippen molar-refractivity contribution in [2.45, 2.75) is 76.5 Å². The Morgan fingerprint density at radius 1 is 1.20 bits per heavy atom. The second-order valence-electron chi connectivity index (χ2n) is 7.84. The van der Waals surface area contributed by atoms with E-state index in [-0.39, 0.29) is 35.6 Å². The average molecular weight is 345 g/mol.